The minimum Gasteiger partial charge on any atom is -0.472 e. The van der Waals surface area contributed by atoms with Gasteiger partial charge in [-0.25, -0.2) is 4.79 Å². The van der Waals surface area contributed by atoms with Crippen molar-refractivity contribution >= 4 is 23.5 Å². The molecule has 0 heterocycles. The third-order valence-corrected chi connectivity index (χ3v) is 5.98. The van der Waals surface area contributed by atoms with E-state index in [1.807, 2.05) is 0 Å². The zero-order chi connectivity index (χ0) is 25.2. The van der Waals surface area contributed by atoms with Crippen LogP contribution < -0.4 is 9.47 Å². The summed E-state index contributed by atoms with van der Waals surface area (Å²) in [4.78, 5) is 24.5. The molecule has 1 aromatic rings. The van der Waals surface area contributed by atoms with Gasteiger partial charge in [-0.15, -0.1) is 0 Å². The normalized spacial score (nSPS) is 11.3. The van der Waals surface area contributed by atoms with Crippen molar-refractivity contribution in [2.45, 2.75) is 123 Å². The summed E-state index contributed by atoms with van der Waals surface area (Å²) < 4.78 is 16.4. The summed E-state index contributed by atoms with van der Waals surface area (Å²) in [6, 6.07) is 4.75. The summed E-state index contributed by atoms with van der Waals surface area (Å²) in [6.07, 6.45) is 16.6. The summed E-state index contributed by atoms with van der Waals surface area (Å²) in [5.74, 6) is -0.330. The summed E-state index contributed by atoms with van der Waals surface area (Å²) >= 11 is 6.08. The smallest absolute Gasteiger partial charge is 0.349 e. The van der Waals surface area contributed by atoms with E-state index in [4.69, 9.17) is 25.8 Å². The molecule has 0 aliphatic heterocycles. The van der Waals surface area contributed by atoms with Crippen molar-refractivity contribution in [1.29, 1.82) is 0 Å². The number of carbonyl (C=O) groups is 2. The minimum absolute atomic E-state index is 0.213. The predicted octanol–water partition coefficient (Wildman–Crippen LogP) is 8.45. The van der Waals surface area contributed by atoms with Gasteiger partial charge in [-0.2, -0.15) is 0 Å². The highest BCUT2D eigenvalue weighted by atomic mass is 35.5. The Balaban J connectivity index is 2.29. The first-order chi connectivity index (χ1) is 16.3. The van der Waals surface area contributed by atoms with Crippen LogP contribution in [0.25, 0.3) is 0 Å². The number of rotatable bonds is 19. The molecule has 0 bridgehead atoms. The Morgan fingerprint density at radius 1 is 0.794 bits per heavy atom. The maximum absolute atomic E-state index is 12.4. The van der Waals surface area contributed by atoms with Crippen molar-refractivity contribution in [2.24, 2.45) is 0 Å². The van der Waals surface area contributed by atoms with Crippen molar-refractivity contribution < 1.29 is 23.8 Å². The van der Waals surface area contributed by atoms with Gasteiger partial charge in [0.2, 0.25) is 0 Å². The quantitative estimate of drug-likeness (QED) is 0.109. The van der Waals surface area contributed by atoms with Gasteiger partial charge in [-0.3, -0.25) is 4.79 Å². The zero-order valence-corrected chi connectivity index (χ0v) is 22.5. The van der Waals surface area contributed by atoms with E-state index in [2.05, 4.69) is 6.92 Å². The molecule has 0 aliphatic rings. The first-order valence-corrected chi connectivity index (χ1v) is 13.5. The SMILES string of the molecule is CCCCCCCCCCCCCCCC(=O)Oc1cc(Cl)ccc1OC(C)(C)C(=O)OCC. The molecule has 0 saturated carbocycles. The molecule has 6 heteroatoms. The maximum atomic E-state index is 12.4. The zero-order valence-electron chi connectivity index (χ0n) is 21.8. The third kappa shape index (κ3) is 13.2. The molecular weight excluding hydrogens is 452 g/mol. The lowest BCUT2D eigenvalue weighted by molar-refractivity contribution is -0.158. The van der Waals surface area contributed by atoms with Crippen LogP contribution >= 0.6 is 11.6 Å². The van der Waals surface area contributed by atoms with Crippen molar-refractivity contribution in [3.63, 3.8) is 0 Å². The average molecular weight is 497 g/mol. The third-order valence-electron chi connectivity index (χ3n) is 5.75. The summed E-state index contributed by atoms with van der Waals surface area (Å²) in [6.45, 7) is 7.47. The Bertz CT molecular complexity index is 717. The lowest BCUT2D eigenvalue weighted by atomic mass is 10.0. The number of carbonyl (C=O) groups excluding carboxylic acids is 2. The number of benzene rings is 1. The van der Waals surface area contributed by atoms with Crippen molar-refractivity contribution in [1.82, 2.24) is 0 Å². The second-order valence-electron chi connectivity index (χ2n) is 9.39. The number of ether oxygens (including phenoxy) is 3. The van der Waals surface area contributed by atoms with Crippen LogP contribution in [-0.4, -0.2) is 24.1 Å². The fourth-order valence-electron chi connectivity index (χ4n) is 3.73. The first-order valence-electron chi connectivity index (χ1n) is 13.2. The highest BCUT2D eigenvalue weighted by Crippen LogP contribution is 2.33. The Hall–Kier alpha value is -1.75. The van der Waals surface area contributed by atoms with E-state index in [1.165, 1.54) is 70.3 Å². The van der Waals surface area contributed by atoms with Gasteiger partial charge in [0.25, 0.3) is 0 Å². The van der Waals surface area contributed by atoms with Crippen molar-refractivity contribution in [2.75, 3.05) is 6.61 Å². The topological polar surface area (TPSA) is 61.8 Å². The van der Waals surface area contributed by atoms with E-state index in [9.17, 15) is 9.59 Å². The molecule has 0 N–H and O–H groups in total. The first kappa shape index (κ1) is 30.3. The molecule has 0 aromatic heterocycles. The molecule has 1 aromatic carbocycles. The lowest BCUT2D eigenvalue weighted by Crippen LogP contribution is -2.39. The van der Waals surface area contributed by atoms with Gasteiger partial charge in [0.05, 0.1) is 6.61 Å². The Morgan fingerprint density at radius 3 is 1.85 bits per heavy atom. The summed E-state index contributed by atoms with van der Waals surface area (Å²) in [5.41, 5.74) is -1.22. The van der Waals surface area contributed by atoms with Crippen molar-refractivity contribution in [3.8, 4) is 11.5 Å². The highest BCUT2D eigenvalue weighted by Gasteiger charge is 2.32. The van der Waals surface area contributed by atoms with E-state index in [0.717, 1.165) is 19.3 Å². The van der Waals surface area contributed by atoms with Gasteiger partial charge < -0.3 is 14.2 Å². The maximum Gasteiger partial charge on any atom is 0.349 e. The van der Waals surface area contributed by atoms with Crippen LogP contribution in [0.3, 0.4) is 0 Å². The number of unbranched alkanes of at least 4 members (excludes halogenated alkanes) is 12. The molecule has 0 fully saturated rings. The van der Waals surface area contributed by atoms with Gasteiger partial charge in [-0.1, -0.05) is 95.6 Å². The molecule has 5 nitrogen and oxygen atoms in total. The van der Waals surface area contributed by atoms with Gasteiger partial charge in [0.15, 0.2) is 17.1 Å². The van der Waals surface area contributed by atoms with Crippen LogP contribution in [0.15, 0.2) is 18.2 Å². The van der Waals surface area contributed by atoms with Gasteiger partial charge in [0.1, 0.15) is 0 Å². The van der Waals surface area contributed by atoms with Gasteiger partial charge >= 0.3 is 11.9 Å². The molecule has 1 rings (SSSR count). The van der Waals surface area contributed by atoms with Crippen LogP contribution in [0.1, 0.15) is 118 Å². The number of halogens is 1. The molecule has 194 valence electrons. The molecular formula is C28H45ClO5. The fraction of sp³-hybridized carbons (Fsp3) is 0.714. The van der Waals surface area contributed by atoms with Crippen LogP contribution in [-0.2, 0) is 14.3 Å². The van der Waals surface area contributed by atoms with E-state index in [0.29, 0.717) is 11.4 Å². The molecule has 0 radical (unpaired) electrons. The average Bonchev–Trinajstić information content (AvgIpc) is 2.79. The van der Waals surface area contributed by atoms with Crippen LogP contribution in [0.5, 0.6) is 11.5 Å². The largest absolute Gasteiger partial charge is 0.472 e. The lowest BCUT2D eigenvalue weighted by Gasteiger charge is -2.25. The van der Waals surface area contributed by atoms with Crippen LogP contribution in [0.2, 0.25) is 5.02 Å². The summed E-state index contributed by atoms with van der Waals surface area (Å²) in [5, 5.41) is 0.421. The van der Waals surface area contributed by atoms with Crippen LogP contribution in [0, 0.1) is 0 Å². The predicted molar refractivity (Wildman–Crippen MR) is 139 cm³/mol. The second kappa shape index (κ2) is 17.7. The fourth-order valence-corrected chi connectivity index (χ4v) is 3.89. The molecule has 0 amide bonds. The second-order valence-corrected chi connectivity index (χ2v) is 9.83. The minimum atomic E-state index is -1.22. The van der Waals surface area contributed by atoms with Gasteiger partial charge in [0, 0.05) is 17.5 Å². The molecule has 0 unspecified atom stereocenters. The monoisotopic (exact) mass is 496 g/mol. The Morgan fingerprint density at radius 2 is 1.32 bits per heavy atom. The number of esters is 2. The highest BCUT2D eigenvalue weighted by molar-refractivity contribution is 6.30. The molecule has 0 aliphatic carbocycles. The number of hydrogen-bond donors (Lipinski definition) is 0. The van der Waals surface area contributed by atoms with Crippen molar-refractivity contribution in [3.05, 3.63) is 23.2 Å². The Kier molecular flexibility index (Phi) is 15.7. The van der Waals surface area contributed by atoms with E-state index < -0.39 is 11.6 Å². The van der Waals surface area contributed by atoms with Gasteiger partial charge in [-0.05, 0) is 39.3 Å². The van der Waals surface area contributed by atoms with E-state index >= 15 is 0 Å². The summed E-state index contributed by atoms with van der Waals surface area (Å²) in [7, 11) is 0. The molecule has 0 spiro atoms. The molecule has 34 heavy (non-hydrogen) atoms. The van der Waals surface area contributed by atoms with E-state index in [-0.39, 0.29) is 24.1 Å². The van der Waals surface area contributed by atoms with Crippen LogP contribution in [0.4, 0.5) is 0 Å². The number of hydrogen-bond acceptors (Lipinski definition) is 5. The molecule has 0 atom stereocenters. The Labute approximate surface area is 211 Å². The van der Waals surface area contributed by atoms with E-state index in [1.54, 1.807) is 32.9 Å². The standard InChI is InChI=1S/C28H45ClO5/c1-5-7-8-9-10-11-12-13-14-15-16-17-18-19-26(30)33-25-22-23(29)20-21-24(25)34-28(3,4)27(31)32-6-2/h20-22H,5-19H2,1-4H3. The molecule has 0 saturated heterocycles.